The van der Waals surface area contributed by atoms with E-state index < -0.39 is 30.5 Å². The Morgan fingerprint density at radius 1 is 1.13 bits per heavy atom. The number of nitrogens with one attached hydrogen (secondary N) is 1. The number of allylic oxidation sites excluding steroid dienone is 1. The summed E-state index contributed by atoms with van der Waals surface area (Å²) in [6.07, 6.45) is 3.19. The minimum atomic E-state index is -5.40. The molecule has 0 atom stereocenters. The molecule has 0 aliphatic carbocycles. The topological polar surface area (TPSA) is 126 Å². The molecular formula is C17H18F3N5O4S2. The quantitative estimate of drug-likeness (QED) is 0.653. The number of nitrogens with zero attached hydrogens (tertiary/aromatic N) is 3. The lowest BCUT2D eigenvalue weighted by Gasteiger charge is -2.23. The summed E-state index contributed by atoms with van der Waals surface area (Å²) in [5.41, 5.74) is -3.28. The Kier molecular flexibility index (Phi) is 5.90. The fourth-order valence-corrected chi connectivity index (χ4v) is 4.08. The van der Waals surface area contributed by atoms with E-state index in [1.807, 2.05) is 11.8 Å². The molecule has 1 aromatic heterocycles. The minimum Gasteiger partial charge on any atom is -0.351 e. The van der Waals surface area contributed by atoms with Crippen molar-refractivity contribution in [3.8, 4) is 0 Å². The number of nitrogens with two attached hydrogens (primary N) is 1. The molecule has 0 unspecified atom stereocenters. The van der Waals surface area contributed by atoms with Gasteiger partial charge in [-0.15, -0.1) is 0 Å². The van der Waals surface area contributed by atoms with E-state index in [0.717, 1.165) is 23.4 Å². The van der Waals surface area contributed by atoms with Crippen LogP contribution in [0.15, 0.2) is 59.4 Å². The number of halogens is 3. The van der Waals surface area contributed by atoms with E-state index in [1.165, 1.54) is 24.4 Å². The van der Waals surface area contributed by atoms with Crippen molar-refractivity contribution in [3.63, 3.8) is 0 Å². The highest BCUT2D eigenvalue weighted by Gasteiger charge is 2.46. The highest BCUT2D eigenvalue weighted by Crippen LogP contribution is 2.32. The van der Waals surface area contributed by atoms with Crippen LogP contribution in [0.25, 0.3) is 0 Å². The molecule has 2 heterocycles. The Labute approximate surface area is 177 Å². The van der Waals surface area contributed by atoms with Gasteiger partial charge < -0.3 is 9.80 Å². The van der Waals surface area contributed by atoms with Crippen molar-refractivity contribution >= 4 is 31.6 Å². The Bertz CT molecular complexity index is 1210. The van der Waals surface area contributed by atoms with Crippen molar-refractivity contribution in [1.29, 1.82) is 0 Å². The average molecular weight is 477 g/mol. The number of sulfone groups is 1. The molecule has 1 aliphatic rings. The maximum absolute atomic E-state index is 12.7. The molecule has 14 heteroatoms. The Morgan fingerprint density at radius 2 is 1.77 bits per heavy atom. The van der Waals surface area contributed by atoms with Crippen LogP contribution in [-0.2, 0) is 26.6 Å². The van der Waals surface area contributed by atoms with Gasteiger partial charge in [-0.3, -0.25) is 4.72 Å². The van der Waals surface area contributed by atoms with E-state index >= 15 is 0 Å². The second kappa shape index (κ2) is 8.01. The van der Waals surface area contributed by atoms with E-state index in [0.29, 0.717) is 18.9 Å². The Morgan fingerprint density at radius 3 is 2.35 bits per heavy atom. The molecule has 0 amide bonds. The van der Waals surface area contributed by atoms with Crippen LogP contribution < -0.4 is 14.8 Å². The molecule has 31 heavy (non-hydrogen) atoms. The zero-order valence-electron chi connectivity index (χ0n) is 16.0. The maximum atomic E-state index is 12.7. The van der Waals surface area contributed by atoms with Gasteiger partial charge in [-0.25, -0.2) is 18.5 Å². The van der Waals surface area contributed by atoms with E-state index in [-0.39, 0.29) is 5.82 Å². The molecule has 2 aromatic rings. The van der Waals surface area contributed by atoms with Crippen LogP contribution in [-0.4, -0.2) is 38.9 Å². The molecule has 0 spiro atoms. The largest absolute Gasteiger partial charge is 0.501 e. The molecule has 0 saturated heterocycles. The maximum Gasteiger partial charge on any atom is 0.501 e. The molecule has 0 bridgehead atoms. The number of hydrogen-bond donors (Lipinski definition) is 2. The van der Waals surface area contributed by atoms with Gasteiger partial charge in [-0.2, -0.15) is 21.6 Å². The number of pyridine rings is 1. The lowest BCUT2D eigenvalue weighted by Crippen LogP contribution is -2.26. The fourth-order valence-electron chi connectivity index (χ4n) is 2.92. The lowest BCUT2D eigenvalue weighted by atomic mass is 10.2. The van der Waals surface area contributed by atoms with Crippen LogP contribution in [0.3, 0.4) is 0 Å². The highest BCUT2D eigenvalue weighted by atomic mass is 32.2. The first-order valence-corrected chi connectivity index (χ1v) is 11.7. The summed E-state index contributed by atoms with van der Waals surface area (Å²) >= 11 is 0. The van der Waals surface area contributed by atoms with Crippen molar-refractivity contribution < 1.29 is 30.0 Å². The van der Waals surface area contributed by atoms with Crippen molar-refractivity contribution in [1.82, 2.24) is 9.88 Å². The number of hydrogen-bond acceptors (Lipinski definition) is 7. The van der Waals surface area contributed by atoms with E-state index in [9.17, 15) is 30.0 Å². The van der Waals surface area contributed by atoms with Crippen LogP contribution in [0.1, 0.15) is 12.5 Å². The second-order valence-electron chi connectivity index (χ2n) is 6.72. The summed E-state index contributed by atoms with van der Waals surface area (Å²) in [4.78, 5) is 6.72. The van der Waals surface area contributed by atoms with Gasteiger partial charge in [0.1, 0.15) is 5.82 Å². The summed E-state index contributed by atoms with van der Waals surface area (Å²) < 4.78 is 85.4. The van der Waals surface area contributed by atoms with E-state index in [1.54, 1.807) is 17.2 Å². The minimum absolute atomic E-state index is 0.0687. The molecule has 0 radical (unpaired) electrons. The van der Waals surface area contributed by atoms with Crippen molar-refractivity contribution in [3.05, 3.63) is 60.1 Å². The van der Waals surface area contributed by atoms with Gasteiger partial charge >= 0.3 is 5.51 Å². The lowest BCUT2D eigenvalue weighted by molar-refractivity contribution is -0.0436. The van der Waals surface area contributed by atoms with Crippen molar-refractivity contribution in [2.75, 3.05) is 16.3 Å². The number of rotatable bonds is 6. The molecule has 3 N–H and O–H groups in total. The summed E-state index contributed by atoms with van der Waals surface area (Å²) in [7, 11) is -9.36. The summed E-state index contributed by atoms with van der Waals surface area (Å²) in [6.45, 7) is 2.56. The molecule has 3 rings (SSSR count). The Balaban J connectivity index is 1.73. The van der Waals surface area contributed by atoms with Crippen molar-refractivity contribution in [2.24, 2.45) is 5.14 Å². The number of aromatic nitrogens is 1. The predicted molar refractivity (Wildman–Crippen MR) is 107 cm³/mol. The molecule has 1 aliphatic heterocycles. The second-order valence-corrected chi connectivity index (χ2v) is 9.95. The standard InChI is InChI=1S/C17H18F3N5O4S2/c1-12-9-25(14-2-4-15(5-3-14)30(26,27)17(18,19)20)11-24(12)10-13-6-7-22-16(8-13)23-31(21,28)29/h2-9H,10-11H2,1H3,(H,22,23)(H2,21,28,29). The molecule has 0 saturated carbocycles. The van der Waals surface area contributed by atoms with Crippen molar-refractivity contribution in [2.45, 2.75) is 23.9 Å². The van der Waals surface area contributed by atoms with Gasteiger partial charge in [0.15, 0.2) is 0 Å². The van der Waals surface area contributed by atoms with Gasteiger partial charge in [0, 0.05) is 30.3 Å². The zero-order chi connectivity index (χ0) is 23.0. The summed E-state index contributed by atoms with van der Waals surface area (Å²) in [5, 5.41) is 4.94. The third-order valence-electron chi connectivity index (χ3n) is 4.39. The molecular weight excluding hydrogens is 459 g/mol. The smallest absolute Gasteiger partial charge is 0.351 e. The number of benzene rings is 1. The molecule has 9 nitrogen and oxygen atoms in total. The molecule has 0 fully saturated rings. The fraction of sp³-hybridized carbons (Fsp3) is 0.235. The first-order chi connectivity index (χ1) is 14.3. The first kappa shape index (κ1) is 22.8. The van der Waals surface area contributed by atoms with Gasteiger partial charge in [0.25, 0.3) is 20.0 Å². The van der Waals surface area contributed by atoms with E-state index in [4.69, 9.17) is 5.14 Å². The van der Waals surface area contributed by atoms with Crippen LogP contribution in [0, 0.1) is 0 Å². The SMILES string of the molecule is CC1=CN(c2ccc(S(=O)(=O)C(F)(F)F)cc2)CN1Cc1ccnc(NS(N)(=O)=O)c1. The van der Waals surface area contributed by atoms with Gasteiger partial charge in [-0.05, 0) is 48.9 Å². The first-order valence-electron chi connectivity index (χ1n) is 8.63. The van der Waals surface area contributed by atoms with Crippen LogP contribution in [0.5, 0.6) is 0 Å². The van der Waals surface area contributed by atoms with Gasteiger partial charge in [-0.1, -0.05) is 0 Å². The third-order valence-corrected chi connectivity index (χ3v) is 6.39. The van der Waals surface area contributed by atoms with Crippen LogP contribution in [0.4, 0.5) is 24.7 Å². The highest BCUT2D eigenvalue weighted by molar-refractivity contribution is 7.92. The zero-order valence-corrected chi connectivity index (χ0v) is 17.7. The van der Waals surface area contributed by atoms with Gasteiger partial charge in [0.2, 0.25) is 0 Å². The summed E-state index contributed by atoms with van der Waals surface area (Å²) in [5.74, 6) is 0.0687. The van der Waals surface area contributed by atoms with E-state index in [2.05, 4.69) is 9.71 Å². The number of alkyl halides is 3. The third kappa shape index (κ3) is 5.26. The predicted octanol–water partition coefficient (Wildman–Crippen LogP) is 2.13. The monoisotopic (exact) mass is 477 g/mol. The average Bonchev–Trinajstić information content (AvgIpc) is 3.00. The summed E-state index contributed by atoms with van der Waals surface area (Å²) in [6, 6.07) is 7.65. The molecule has 1 aromatic carbocycles. The Hall–Kier alpha value is -2.84. The van der Waals surface area contributed by atoms with Crippen LogP contribution in [0.2, 0.25) is 0 Å². The normalized spacial score (nSPS) is 15.2. The van der Waals surface area contributed by atoms with Crippen LogP contribution >= 0.6 is 0 Å². The molecule has 168 valence electrons. The van der Waals surface area contributed by atoms with Gasteiger partial charge in [0.05, 0.1) is 11.6 Å². The number of anilines is 2.